The van der Waals surface area contributed by atoms with Crippen LogP contribution in [0.2, 0.25) is 0 Å². The minimum atomic E-state index is -3.20. The fourth-order valence-electron chi connectivity index (χ4n) is 3.42. The number of carbonyl (C=O) groups is 1. The summed E-state index contributed by atoms with van der Waals surface area (Å²) in [6.07, 6.45) is 6.44. The first-order valence-corrected chi connectivity index (χ1v) is 8.97. The van der Waals surface area contributed by atoms with Gasteiger partial charge in [-0.25, -0.2) is 8.42 Å². The first-order chi connectivity index (χ1) is 9.97. The second-order valence-corrected chi connectivity index (χ2v) is 7.65. The van der Waals surface area contributed by atoms with Crippen LogP contribution in [-0.4, -0.2) is 53.4 Å². The first kappa shape index (κ1) is 14.5. The number of hydrogen-bond acceptors (Lipinski definition) is 4. The maximum atomic E-state index is 12.2. The lowest BCUT2D eigenvalue weighted by Gasteiger charge is -2.39. The van der Waals surface area contributed by atoms with Gasteiger partial charge in [0, 0.05) is 44.0 Å². The third-order valence-corrected chi connectivity index (χ3v) is 5.64. The largest absolute Gasteiger partial charge is 0.334 e. The van der Waals surface area contributed by atoms with E-state index in [4.69, 9.17) is 0 Å². The smallest absolute Gasteiger partial charge is 0.223 e. The molecule has 6 nitrogen and oxygen atoms in total. The van der Waals surface area contributed by atoms with Crippen LogP contribution in [0.15, 0.2) is 24.5 Å². The summed E-state index contributed by atoms with van der Waals surface area (Å²) in [5, 5.41) is 0. The lowest BCUT2D eigenvalue weighted by atomic mass is 9.96. The Bertz CT molecular complexity index is 632. The van der Waals surface area contributed by atoms with Crippen LogP contribution >= 0.6 is 0 Å². The molecule has 1 aromatic rings. The summed E-state index contributed by atoms with van der Waals surface area (Å²) >= 11 is 0. The molecule has 21 heavy (non-hydrogen) atoms. The van der Waals surface area contributed by atoms with Gasteiger partial charge in [0.05, 0.1) is 6.26 Å². The average Bonchev–Trinajstić information content (AvgIpc) is 2.87. The van der Waals surface area contributed by atoms with Gasteiger partial charge in [-0.2, -0.15) is 4.31 Å². The van der Waals surface area contributed by atoms with E-state index in [2.05, 4.69) is 4.98 Å². The molecule has 0 aliphatic carbocycles. The molecule has 3 rings (SSSR count). The Morgan fingerprint density at radius 3 is 2.81 bits per heavy atom. The summed E-state index contributed by atoms with van der Waals surface area (Å²) in [5.41, 5.74) is 0.976. The van der Waals surface area contributed by atoms with E-state index in [0.29, 0.717) is 32.4 Å². The van der Waals surface area contributed by atoms with E-state index >= 15 is 0 Å². The molecule has 2 saturated heterocycles. The minimum absolute atomic E-state index is 0.0128. The Hall–Kier alpha value is -1.47. The van der Waals surface area contributed by atoms with Crippen molar-refractivity contribution in [3.8, 4) is 0 Å². The van der Waals surface area contributed by atoms with Gasteiger partial charge in [0.15, 0.2) is 0 Å². The third-order valence-electron chi connectivity index (χ3n) is 4.34. The quantitative estimate of drug-likeness (QED) is 0.820. The van der Waals surface area contributed by atoms with Crippen LogP contribution in [0.25, 0.3) is 0 Å². The average molecular weight is 309 g/mol. The van der Waals surface area contributed by atoms with E-state index < -0.39 is 10.0 Å². The van der Waals surface area contributed by atoms with Crippen LogP contribution in [0.3, 0.4) is 0 Å². The van der Waals surface area contributed by atoms with E-state index in [1.54, 1.807) is 16.7 Å². The zero-order valence-corrected chi connectivity index (χ0v) is 12.8. The maximum Gasteiger partial charge on any atom is 0.223 e. The number of nitrogens with zero attached hydrogens (tertiary/aromatic N) is 3. The van der Waals surface area contributed by atoms with E-state index in [1.807, 2.05) is 17.0 Å². The molecule has 1 aromatic heterocycles. The highest BCUT2D eigenvalue weighted by Crippen LogP contribution is 2.33. The molecular formula is C14H19N3O3S. The van der Waals surface area contributed by atoms with Crippen molar-refractivity contribution in [3.05, 3.63) is 30.1 Å². The number of fused-ring (bicyclic) bond motifs is 1. The normalized spacial score (nSPS) is 26.9. The van der Waals surface area contributed by atoms with Gasteiger partial charge in [0.2, 0.25) is 15.9 Å². The molecule has 0 spiro atoms. The predicted molar refractivity (Wildman–Crippen MR) is 77.8 cm³/mol. The summed E-state index contributed by atoms with van der Waals surface area (Å²) in [4.78, 5) is 18.1. The number of likely N-dealkylation sites (tertiary alicyclic amines) is 1. The van der Waals surface area contributed by atoms with E-state index in [9.17, 15) is 13.2 Å². The van der Waals surface area contributed by atoms with Gasteiger partial charge < -0.3 is 4.90 Å². The molecule has 0 bridgehead atoms. The van der Waals surface area contributed by atoms with Gasteiger partial charge in [-0.3, -0.25) is 9.78 Å². The van der Waals surface area contributed by atoms with Crippen molar-refractivity contribution < 1.29 is 13.2 Å². The molecule has 2 fully saturated rings. The second-order valence-electron chi connectivity index (χ2n) is 5.72. The standard InChI is InChI=1S/C14H19N3O3S/c1-21(19,20)17-8-6-12-13(17)4-5-14(18)16(12)10-11-3-2-7-15-9-11/h2-3,7,9,12-13H,4-6,8,10H2,1H3/t12-,13-/m1/s1. The van der Waals surface area contributed by atoms with Gasteiger partial charge in [-0.15, -0.1) is 0 Å². The monoisotopic (exact) mass is 309 g/mol. The number of aromatic nitrogens is 1. The number of pyridine rings is 1. The van der Waals surface area contributed by atoms with Gasteiger partial charge in [0.1, 0.15) is 0 Å². The molecule has 0 radical (unpaired) electrons. The van der Waals surface area contributed by atoms with Crippen molar-refractivity contribution in [1.82, 2.24) is 14.2 Å². The van der Waals surface area contributed by atoms with Crippen LogP contribution < -0.4 is 0 Å². The minimum Gasteiger partial charge on any atom is -0.334 e. The van der Waals surface area contributed by atoms with Crippen LogP contribution in [0.1, 0.15) is 24.8 Å². The van der Waals surface area contributed by atoms with Crippen molar-refractivity contribution in [1.29, 1.82) is 0 Å². The summed E-state index contributed by atoms with van der Waals surface area (Å²) < 4.78 is 25.3. The molecule has 2 aliphatic heterocycles. The Labute approximate surface area is 124 Å². The number of sulfonamides is 1. The van der Waals surface area contributed by atoms with Crippen molar-refractivity contribution in [2.24, 2.45) is 0 Å². The molecule has 3 heterocycles. The topological polar surface area (TPSA) is 70.6 Å². The fourth-order valence-corrected chi connectivity index (χ4v) is 4.59. The lowest BCUT2D eigenvalue weighted by molar-refractivity contribution is -0.138. The van der Waals surface area contributed by atoms with Crippen molar-refractivity contribution in [3.63, 3.8) is 0 Å². The van der Waals surface area contributed by atoms with Crippen molar-refractivity contribution >= 4 is 15.9 Å². The van der Waals surface area contributed by atoms with Crippen molar-refractivity contribution in [2.45, 2.75) is 37.9 Å². The van der Waals surface area contributed by atoms with Gasteiger partial charge >= 0.3 is 0 Å². The van der Waals surface area contributed by atoms with Crippen molar-refractivity contribution in [2.75, 3.05) is 12.8 Å². The maximum absolute atomic E-state index is 12.2. The number of hydrogen-bond donors (Lipinski definition) is 0. The molecule has 0 unspecified atom stereocenters. The first-order valence-electron chi connectivity index (χ1n) is 7.12. The highest BCUT2D eigenvalue weighted by Gasteiger charge is 2.46. The van der Waals surface area contributed by atoms with E-state index in [-0.39, 0.29) is 18.0 Å². The van der Waals surface area contributed by atoms with Crippen LogP contribution in [0.5, 0.6) is 0 Å². The predicted octanol–water partition coefficient (Wildman–Crippen LogP) is 0.606. The number of rotatable bonds is 3. The van der Waals surface area contributed by atoms with E-state index in [0.717, 1.165) is 5.56 Å². The molecule has 2 aliphatic rings. The summed E-state index contributed by atoms with van der Waals surface area (Å²) in [7, 11) is -3.20. The van der Waals surface area contributed by atoms with Crippen LogP contribution in [0, 0.1) is 0 Å². The van der Waals surface area contributed by atoms with E-state index in [1.165, 1.54) is 6.26 Å². The summed E-state index contributed by atoms with van der Waals surface area (Å²) in [6.45, 7) is 1.01. The molecule has 0 aromatic carbocycles. The Balaban J connectivity index is 1.82. The molecule has 0 N–H and O–H groups in total. The van der Waals surface area contributed by atoms with Gasteiger partial charge in [-0.05, 0) is 24.5 Å². The van der Waals surface area contributed by atoms with Crippen LogP contribution in [-0.2, 0) is 21.4 Å². The molecule has 7 heteroatoms. The number of piperidine rings is 1. The lowest BCUT2D eigenvalue weighted by Crippen LogP contribution is -2.52. The van der Waals surface area contributed by atoms with Gasteiger partial charge in [0.25, 0.3) is 0 Å². The zero-order valence-electron chi connectivity index (χ0n) is 12.0. The SMILES string of the molecule is CS(=O)(=O)N1CC[C@@H]2[C@H]1CCC(=O)N2Cc1cccnc1. The number of carbonyl (C=O) groups excluding carboxylic acids is 1. The van der Waals surface area contributed by atoms with Crippen LogP contribution in [0.4, 0.5) is 0 Å². The molecule has 1 amide bonds. The molecule has 2 atom stereocenters. The Morgan fingerprint density at radius 1 is 1.33 bits per heavy atom. The van der Waals surface area contributed by atoms with Gasteiger partial charge in [-0.1, -0.05) is 6.07 Å². The Morgan fingerprint density at radius 2 is 2.14 bits per heavy atom. The molecule has 0 saturated carbocycles. The molecule has 114 valence electrons. The highest BCUT2D eigenvalue weighted by molar-refractivity contribution is 7.88. The summed E-state index contributed by atoms with van der Waals surface area (Å²) in [6, 6.07) is 3.70. The summed E-state index contributed by atoms with van der Waals surface area (Å²) in [5.74, 6) is 0.107. The zero-order chi connectivity index (χ0) is 15.0. The Kier molecular flexibility index (Phi) is 3.71. The second kappa shape index (κ2) is 5.38. The third kappa shape index (κ3) is 2.80. The number of amides is 1. The highest BCUT2D eigenvalue weighted by atomic mass is 32.2. The fraction of sp³-hybridized carbons (Fsp3) is 0.571. The molecular weight excluding hydrogens is 290 g/mol.